The topological polar surface area (TPSA) is 59.6 Å². The van der Waals surface area contributed by atoms with Crippen LogP contribution in [0.15, 0.2) is 78.9 Å². The van der Waals surface area contributed by atoms with E-state index in [4.69, 9.17) is 9.47 Å². The molecule has 0 spiro atoms. The lowest BCUT2D eigenvalue weighted by Gasteiger charge is -2.10. The SMILES string of the molecule is COc1cccc(NC(=O)Nc2ccc(OCc3ccccc3)cc2)c1. The molecule has 3 aromatic carbocycles. The number of benzene rings is 3. The smallest absolute Gasteiger partial charge is 0.323 e. The standard InChI is InChI=1S/C21H20N2O3/c1-25-20-9-5-8-18(14-20)23-21(24)22-17-10-12-19(13-11-17)26-15-16-6-3-2-4-7-16/h2-14H,15H2,1H3,(H2,22,23,24). The van der Waals surface area contributed by atoms with Crippen LogP contribution in [0.5, 0.6) is 11.5 Å². The molecule has 0 heterocycles. The summed E-state index contributed by atoms with van der Waals surface area (Å²) in [5.41, 5.74) is 2.44. The van der Waals surface area contributed by atoms with Crippen LogP contribution in [0.2, 0.25) is 0 Å². The molecule has 2 N–H and O–H groups in total. The molecule has 0 radical (unpaired) electrons. The Kier molecular flexibility index (Phi) is 5.72. The van der Waals surface area contributed by atoms with Gasteiger partial charge in [-0.3, -0.25) is 0 Å². The molecular weight excluding hydrogens is 328 g/mol. The minimum Gasteiger partial charge on any atom is -0.497 e. The molecule has 0 unspecified atom stereocenters. The number of methoxy groups -OCH3 is 1. The molecule has 3 aromatic rings. The molecule has 132 valence electrons. The zero-order valence-electron chi connectivity index (χ0n) is 14.4. The van der Waals surface area contributed by atoms with Crippen molar-refractivity contribution in [1.82, 2.24) is 0 Å². The monoisotopic (exact) mass is 348 g/mol. The van der Waals surface area contributed by atoms with Crippen LogP contribution in [0.4, 0.5) is 16.2 Å². The molecule has 0 saturated heterocycles. The second-order valence-corrected chi connectivity index (χ2v) is 5.61. The molecule has 26 heavy (non-hydrogen) atoms. The predicted octanol–water partition coefficient (Wildman–Crippen LogP) is 4.92. The highest BCUT2D eigenvalue weighted by Gasteiger charge is 2.04. The van der Waals surface area contributed by atoms with Gasteiger partial charge in [-0.2, -0.15) is 0 Å². The fraction of sp³-hybridized carbons (Fsp3) is 0.0952. The van der Waals surface area contributed by atoms with Crippen LogP contribution < -0.4 is 20.1 Å². The molecule has 5 nitrogen and oxygen atoms in total. The van der Waals surface area contributed by atoms with Gasteiger partial charge >= 0.3 is 6.03 Å². The highest BCUT2D eigenvalue weighted by molar-refractivity contribution is 5.99. The average Bonchev–Trinajstić information content (AvgIpc) is 2.68. The van der Waals surface area contributed by atoms with Gasteiger partial charge in [-0.15, -0.1) is 0 Å². The number of urea groups is 1. The van der Waals surface area contributed by atoms with Gasteiger partial charge in [0, 0.05) is 17.4 Å². The van der Waals surface area contributed by atoms with Crippen molar-refractivity contribution >= 4 is 17.4 Å². The third-order valence-electron chi connectivity index (χ3n) is 3.69. The van der Waals surface area contributed by atoms with E-state index in [0.29, 0.717) is 23.7 Å². The largest absolute Gasteiger partial charge is 0.497 e. The van der Waals surface area contributed by atoms with E-state index < -0.39 is 0 Å². The molecule has 2 amide bonds. The van der Waals surface area contributed by atoms with Crippen molar-refractivity contribution in [3.05, 3.63) is 84.4 Å². The van der Waals surface area contributed by atoms with Gasteiger partial charge in [0.05, 0.1) is 7.11 Å². The Morgan fingerprint density at radius 2 is 1.54 bits per heavy atom. The lowest BCUT2D eigenvalue weighted by Crippen LogP contribution is -2.19. The maximum Gasteiger partial charge on any atom is 0.323 e. The first-order valence-corrected chi connectivity index (χ1v) is 8.22. The third kappa shape index (κ3) is 5.01. The molecule has 0 aliphatic carbocycles. The highest BCUT2D eigenvalue weighted by atomic mass is 16.5. The summed E-state index contributed by atoms with van der Waals surface area (Å²) >= 11 is 0. The van der Waals surface area contributed by atoms with E-state index in [0.717, 1.165) is 11.3 Å². The van der Waals surface area contributed by atoms with Crippen LogP contribution in [-0.4, -0.2) is 13.1 Å². The van der Waals surface area contributed by atoms with E-state index in [1.165, 1.54) is 0 Å². The maximum atomic E-state index is 12.1. The molecule has 0 saturated carbocycles. The van der Waals surface area contributed by atoms with Crippen molar-refractivity contribution in [3.63, 3.8) is 0 Å². The van der Waals surface area contributed by atoms with E-state index in [1.807, 2.05) is 54.6 Å². The van der Waals surface area contributed by atoms with Crippen LogP contribution in [-0.2, 0) is 6.61 Å². The molecule has 5 heteroatoms. The first kappa shape index (κ1) is 17.4. The fourth-order valence-electron chi connectivity index (χ4n) is 2.37. The van der Waals surface area contributed by atoms with E-state index in [2.05, 4.69) is 10.6 Å². The summed E-state index contributed by atoms with van der Waals surface area (Å²) in [6.45, 7) is 0.504. The zero-order chi connectivity index (χ0) is 18.2. The molecular formula is C21H20N2O3. The summed E-state index contributed by atoms with van der Waals surface area (Å²) in [6.07, 6.45) is 0. The molecule has 3 rings (SSSR count). The van der Waals surface area contributed by atoms with Crippen LogP contribution in [0, 0.1) is 0 Å². The summed E-state index contributed by atoms with van der Waals surface area (Å²) < 4.78 is 10.9. The number of carbonyl (C=O) groups excluding carboxylic acids is 1. The average molecular weight is 348 g/mol. The lowest BCUT2D eigenvalue weighted by atomic mass is 10.2. The van der Waals surface area contributed by atoms with Crippen molar-refractivity contribution in [2.24, 2.45) is 0 Å². The first-order chi connectivity index (χ1) is 12.7. The van der Waals surface area contributed by atoms with Crippen molar-refractivity contribution in [2.75, 3.05) is 17.7 Å². The number of rotatable bonds is 6. The zero-order valence-corrected chi connectivity index (χ0v) is 14.4. The Bertz CT molecular complexity index is 849. The lowest BCUT2D eigenvalue weighted by molar-refractivity contribution is 0.262. The predicted molar refractivity (Wildman–Crippen MR) is 103 cm³/mol. The molecule has 0 fully saturated rings. The summed E-state index contributed by atoms with van der Waals surface area (Å²) in [5.74, 6) is 1.43. The Hall–Kier alpha value is -3.47. The van der Waals surface area contributed by atoms with E-state index in [-0.39, 0.29) is 6.03 Å². The van der Waals surface area contributed by atoms with Gasteiger partial charge in [-0.25, -0.2) is 4.79 Å². The Morgan fingerprint density at radius 3 is 2.27 bits per heavy atom. The van der Waals surface area contributed by atoms with Gasteiger partial charge in [-0.1, -0.05) is 36.4 Å². The van der Waals surface area contributed by atoms with Crippen LogP contribution in [0.1, 0.15) is 5.56 Å². The van der Waals surface area contributed by atoms with Crippen molar-refractivity contribution in [2.45, 2.75) is 6.61 Å². The van der Waals surface area contributed by atoms with Gasteiger partial charge in [0.2, 0.25) is 0 Å². The Labute approximate surface area is 152 Å². The van der Waals surface area contributed by atoms with Gasteiger partial charge < -0.3 is 20.1 Å². The number of carbonyl (C=O) groups is 1. The Morgan fingerprint density at radius 1 is 0.808 bits per heavy atom. The molecule has 0 atom stereocenters. The van der Waals surface area contributed by atoms with Gasteiger partial charge in [0.1, 0.15) is 18.1 Å². The minimum atomic E-state index is -0.323. The Balaban J connectivity index is 1.52. The van der Waals surface area contributed by atoms with Gasteiger partial charge in [0.25, 0.3) is 0 Å². The van der Waals surface area contributed by atoms with E-state index in [9.17, 15) is 4.79 Å². The second kappa shape index (κ2) is 8.58. The van der Waals surface area contributed by atoms with E-state index >= 15 is 0 Å². The van der Waals surface area contributed by atoms with Gasteiger partial charge in [0.15, 0.2) is 0 Å². The number of anilines is 2. The maximum absolute atomic E-state index is 12.1. The summed E-state index contributed by atoms with van der Waals surface area (Å²) in [5, 5.41) is 5.55. The van der Waals surface area contributed by atoms with Crippen LogP contribution >= 0.6 is 0 Å². The molecule has 0 aliphatic rings. The van der Waals surface area contributed by atoms with Crippen molar-refractivity contribution in [3.8, 4) is 11.5 Å². The first-order valence-electron chi connectivity index (χ1n) is 8.22. The normalized spacial score (nSPS) is 10.0. The number of ether oxygens (including phenoxy) is 2. The van der Waals surface area contributed by atoms with Crippen LogP contribution in [0.3, 0.4) is 0 Å². The summed E-state index contributed by atoms with van der Waals surface area (Å²) in [6, 6.07) is 24.0. The third-order valence-corrected chi connectivity index (χ3v) is 3.69. The molecule has 0 aromatic heterocycles. The summed E-state index contributed by atoms with van der Waals surface area (Å²) in [7, 11) is 1.58. The minimum absolute atomic E-state index is 0.323. The number of hydrogen-bond acceptors (Lipinski definition) is 3. The molecule has 0 bridgehead atoms. The van der Waals surface area contributed by atoms with Gasteiger partial charge in [-0.05, 0) is 42.0 Å². The molecule has 0 aliphatic heterocycles. The number of amides is 2. The summed E-state index contributed by atoms with van der Waals surface area (Å²) in [4.78, 5) is 12.1. The van der Waals surface area contributed by atoms with E-state index in [1.54, 1.807) is 31.4 Å². The van der Waals surface area contributed by atoms with Crippen molar-refractivity contribution in [1.29, 1.82) is 0 Å². The van der Waals surface area contributed by atoms with Crippen molar-refractivity contribution < 1.29 is 14.3 Å². The second-order valence-electron chi connectivity index (χ2n) is 5.61. The van der Waals surface area contributed by atoms with Crippen LogP contribution in [0.25, 0.3) is 0 Å². The number of hydrogen-bond donors (Lipinski definition) is 2. The highest BCUT2D eigenvalue weighted by Crippen LogP contribution is 2.19. The quantitative estimate of drug-likeness (QED) is 0.665. The fourth-order valence-corrected chi connectivity index (χ4v) is 2.37. The number of nitrogens with one attached hydrogen (secondary N) is 2.